The van der Waals surface area contributed by atoms with E-state index in [-0.39, 0.29) is 0 Å². The van der Waals surface area contributed by atoms with Crippen LogP contribution in [0.3, 0.4) is 0 Å². The molecule has 66 valence electrons. The summed E-state index contributed by atoms with van der Waals surface area (Å²) in [5.74, 6) is 0. The summed E-state index contributed by atoms with van der Waals surface area (Å²) in [5.41, 5.74) is 0. The van der Waals surface area contributed by atoms with Gasteiger partial charge in [-0.05, 0) is 6.58 Å². The normalized spacial score (nSPS) is 12.9. The first kappa shape index (κ1) is 10.1. The Labute approximate surface area is 57.3 Å². The third kappa shape index (κ3) is 2.69. The molecule has 0 unspecified atom stereocenters. The second-order valence-electron chi connectivity index (χ2n) is 1.47. The maximum atomic E-state index is 11.5. The van der Waals surface area contributed by atoms with Gasteiger partial charge in [0.15, 0.2) is 0 Å². The van der Waals surface area contributed by atoms with E-state index in [1.165, 1.54) is 0 Å². The first-order valence-electron chi connectivity index (χ1n) is 2.15. The standard InChI is InChI=1S/C4H2F6O/c1-2(5)11-4(9,10)3(6,7)8/h1H2. The molecule has 0 radical (unpaired) electrons. The SMILES string of the molecule is C=C(F)OC(F)(F)C(F)(F)F. The largest absolute Gasteiger partial charge is 0.500 e. The van der Waals surface area contributed by atoms with Crippen LogP contribution in [0.4, 0.5) is 26.3 Å². The lowest BCUT2D eigenvalue weighted by Gasteiger charge is -2.17. The fraction of sp³-hybridized carbons (Fsp3) is 0.500. The minimum absolute atomic E-state index is 2.08. The highest BCUT2D eigenvalue weighted by Gasteiger charge is 2.61. The lowest BCUT2D eigenvalue weighted by molar-refractivity contribution is -0.384. The van der Waals surface area contributed by atoms with E-state index in [1.54, 1.807) is 0 Å². The highest BCUT2D eigenvalue weighted by molar-refractivity contribution is 4.73. The predicted octanol–water partition coefficient (Wildman–Crippen LogP) is 2.60. The van der Waals surface area contributed by atoms with Gasteiger partial charge in [0.25, 0.3) is 6.01 Å². The van der Waals surface area contributed by atoms with Crippen LogP contribution in [-0.4, -0.2) is 12.3 Å². The minimum Gasteiger partial charge on any atom is -0.400 e. The van der Waals surface area contributed by atoms with Gasteiger partial charge in [-0.1, -0.05) is 0 Å². The maximum Gasteiger partial charge on any atom is 0.500 e. The van der Waals surface area contributed by atoms with Crippen LogP contribution in [0, 0.1) is 0 Å². The first-order valence-corrected chi connectivity index (χ1v) is 2.15. The molecule has 0 fully saturated rings. The Morgan fingerprint density at radius 3 is 1.55 bits per heavy atom. The molecule has 11 heavy (non-hydrogen) atoms. The second kappa shape index (κ2) is 2.63. The average Bonchev–Trinajstić information content (AvgIpc) is 1.56. The third-order valence-corrected chi connectivity index (χ3v) is 0.569. The molecule has 0 aliphatic heterocycles. The Hall–Kier alpha value is -0.880. The van der Waals surface area contributed by atoms with Crippen LogP contribution in [-0.2, 0) is 4.74 Å². The van der Waals surface area contributed by atoms with Crippen molar-refractivity contribution in [2.24, 2.45) is 0 Å². The molecule has 0 rings (SSSR count). The molecule has 0 aliphatic carbocycles. The summed E-state index contributed by atoms with van der Waals surface area (Å²) in [7, 11) is 0. The van der Waals surface area contributed by atoms with Crippen molar-refractivity contribution in [3.8, 4) is 0 Å². The van der Waals surface area contributed by atoms with Gasteiger partial charge >= 0.3 is 12.3 Å². The highest BCUT2D eigenvalue weighted by Crippen LogP contribution is 2.37. The molecule has 1 nitrogen and oxygen atoms in total. The number of ether oxygens (including phenoxy) is 1. The van der Waals surface area contributed by atoms with Gasteiger partial charge < -0.3 is 4.74 Å². The Kier molecular flexibility index (Phi) is 2.42. The van der Waals surface area contributed by atoms with Crippen LogP contribution in [0.5, 0.6) is 0 Å². The zero-order valence-electron chi connectivity index (χ0n) is 4.88. The van der Waals surface area contributed by atoms with Crippen molar-refractivity contribution >= 4 is 0 Å². The Balaban J connectivity index is 4.34. The molecule has 0 N–H and O–H groups in total. The van der Waals surface area contributed by atoms with Crippen LogP contribution in [0.25, 0.3) is 0 Å². The number of hydrogen-bond acceptors (Lipinski definition) is 1. The van der Waals surface area contributed by atoms with Crippen molar-refractivity contribution in [1.82, 2.24) is 0 Å². The molecule has 0 bridgehead atoms. The molecule has 0 aromatic carbocycles. The van der Waals surface area contributed by atoms with E-state index < -0.39 is 18.3 Å². The summed E-state index contributed by atoms with van der Waals surface area (Å²) in [4.78, 5) is 0. The topological polar surface area (TPSA) is 9.23 Å². The zero-order chi connectivity index (χ0) is 9.28. The molecule has 0 amide bonds. The van der Waals surface area contributed by atoms with E-state index in [0.29, 0.717) is 0 Å². The first-order chi connectivity index (χ1) is 4.67. The lowest BCUT2D eigenvalue weighted by Crippen LogP contribution is -2.38. The van der Waals surface area contributed by atoms with E-state index in [2.05, 4.69) is 11.3 Å². The van der Waals surface area contributed by atoms with E-state index in [9.17, 15) is 26.3 Å². The molecule has 0 atom stereocenters. The maximum absolute atomic E-state index is 11.5. The molecule has 0 saturated carbocycles. The summed E-state index contributed by atoms with van der Waals surface area (Å²) >= 11 is 0. The van der Waals surface area contributed by atoms with Crippen molar-refractivity contribution in [3.63, 3.8) is 0 Å². The van der Waals surface area contributed by atoms with Crippen LogP contribution in [0.2, 0.25) is 0 Å². The molecule has 0 aromatic rings. The number of hydrogen-bond donors (Lipinski definition) is 0. The van der Waals surface area contributed by atoms with Crippen molar-refractivity contribution < 1.29 is 31.1 Å². The molecule has 0 saturated heterocycles. The van der Waals surface area contributed by atoms with Crippen LogP contribution in [0.15, 0.2) is 12.6 Å². The lowest BCUT2D eigenvalue weighted by atomic mass is 10.6. The summed E-state index contributed by atoms with van der Waals surface area (Å²) in [6.07, 6.45) is -11.4. The predicted molar refractivity (Wildman–Crippen MR) is 22.3 cm³/mol. The van der Waals surface area contributed by atoms with Gasteiger partial charge in [0.05, 0.1) is 0 Å². The molecular weight excluding hydrogens is 178 g/mol. The van der Waals surface area contributed by atoms with Crippen molar-refractivity contribution in [3.05, 3.63) is 12.6 Å². The molecule has 0 aliphatic rings. The summed E-state index contributed by atoms with van der Waals surface area (Å²) in [6.45, 7) is 2.08. The van der Waals surface area contributed by atoms with Gasteiger partial charge in [0.1, 0.15) is 0 Å². The van der Waals surface area contributed by atoms with Gasteiger partial charge in [0.2, 0.25) is 0 Å². The van der Waals surface area contributed by atoms with E-state index >= 15 is 0 Å². The van der Waals surface area contributed by atoms with E-state index in [0.717, 1.165) is 0 Å². The summed E-state index contributed by atoms with van der Waals surface area (Å²) < 4.78 is 70.2. The van der Waals surface area contributed by atoms with Crippen molar-refractivity contribution in [2.75, 3.05) is 0 Å². The highest BCUT2D eigenvalue weighted by atomic mass is 19.4. The number of rotatable bonds is 2. The zero-order valence-corrected chi connectivity index (χ0v) is 4.88. The minimum atomic E-state index is -5.93. The second-order valence-corrected chi connectivity index (χ2v) is 1.47. The quantitative estimate of drug-likeness (QED) is 0.468. The molecular formula is C4H2F6O. The fourth-order valence-electron chi connectivity index (χ4n) is 0.197. The Morgan fingerprint density at radius 1 is 1.09 bits per heavy atom. The fourth-order valence-corrected chi connectivity index (χ4v) is 0.197. The molecule has 0 heterocycles. The monoisotopic (exact) mass is 180 g/mol. The van der Waals surface area contributed by atoms with Gasteiger partial charge in [0, 0.05) is 0 Å². The van der Waals surface area contributed by atoms with Gasteiger partial charge in [-0.25, -0.2) is 0 Å². The Bertz CT molecular complexity index is 158. The number of alkyl halides is 5. The van der Waals surface area contributed by atoms with Gasteiger partial charge in [-0.15, -0.1) is 0 Å². The van der Waals surface area contributed by atoms with Crippen molar-refractivity contribution in [2.45, 2.75) is 12.3 Å². The van der Waals surface area contributed by atoms with Crippen molar-refractivity contribution in [1.29, 1.82) is 0 Å². The van der Waals surface area contributed by atoms with Gasteiger partial charge in [-0.3, -0.25) is 0 Å². The van der Waals surface area contributed by atoms with Gasteiger partial charge in [-0.2, -0.15) is 26.3 Å². The third-order valence-electron chi connectivity index (χ3n) is 0.569. The molecule has 7 heteroatoms. The van der Waals surface area contributed by atoms with Crippen LogP contribution in [0.1, 0.15) is 0 Å². The number of halogens is 6. The van der Waals surface area contributed by atoms with E-state index in [1.807, 2.05) is 0 Å². The average molecular weight is 180 g/mol. The smallest absolute Gasteiger partial charge is 0.400 e. The molecule has 0 spiro atoms. The van der Waals surface area contributed by atoms with Crippen LogP contribution >= 0.6 is 0 Å². The van der Waals surface area contributed by atoms with Crippen LogP contribution < -0.4 is 0 Å². The summed E-state index contributed by atoms with van der Waals surface area (Å²) in [6, 6.07) is -2.19. The molecule has 0 aromatic heterocycles. The van der Waals surface area contributed by atoms with E-state index in [4.69, 9.17) is 0 Å². The Morgan fingerprint density at radius 2 is 1.45 bits per heavy atom. The summed E-state index contributed by atoms with van der Waals surface area (Å²) in [5, 5.41) is 0.